The van der Waals surface area contributed by atoms with Crippen LogP contribution in [0.1, 0.15) is 60.8 Å². The highest BCUT2D eigenvalue weighted by Crippen LogP contribution is 2.34. The number of rotatable bonds is 12. The average Bonchev–Trinajstić information content (AvgIpc) is 2.83. The van der Waals surface area contributed by atoms with Crippen LogP contribution in [0.3, 0.4) is 0 Å². The van der Waals surface area contributed by atoms with Crippen LogP contribution < -0.4 is 4.74 Å². The van der Waals surface area contributed by atoms with Crippen molar-refractivity contribution in [1.82, 2.24) is 4.90 Å². The van der Waals surface area contributed by atoms with E-state index in [0.29, 0.717) is 36.6 Å². The van der Waals surface area contributed by atoms with Crippen LogP contribution in [0.5, 0.6) is 5.75 Å². The van der Waals surface area contributed by atoms with Crippen molar-refractivity contribution in [2.75, 3.05) is 13.2 Å². The molecule has 0 aliphatic heterocycles. The third-order valence-corrected chi connectivity index (χ3v) is 5.84. The van der Waals surface area contributed by atoms with E-state index in [-0.39, 0.29) is 5.56 Å². The van der Waals surface area contributed by atoms with E-state index >= 15 is 0 Å². The number of aromatic carboxylic acids is 1. The molecule has 180 valence electrons. The Balaban J connectivity index is 1.92. The van der Waals surface area contributed by atoms with Gasteiger partial charge >= 0.3 is 5.97 Å². The van der Waals surface area contributed by atoms with Crippen LogP contribution in [0, 0.1) is 0 Å². The Bertz CT molecular complexity index is 1030. The van der Waals surface area contributed by atoms with Gasteiger partial charge in [0.1, 0.15) is 18.5 Å². The van der Waals surface area contributed by atoms with Crippen molar-refractivity contribution in [3.05, 3.63) is 101 Å². The Morgan fingerprint density at radius 3 is 2.09 bits per heavy atom. The van der Waals surface area contributed by atoms with Gasteiger partial charge in [-0.2, -0.15) is 0 Å². The van der Waals surface area contributed by atoms with Gasteiger partial charge in [0.2, 0.25) is 0 Å². The zero-order valence-corrected chi connectivity index (χ0v) is 20.5. The maximum Gasteiger partial charge on any atom is 0.335 e. The lowest BCUT2D eigenvalue weighted by Crippen LogP contribution is -2.39. The largest absolute Gasteiger partial charge is 0.489 e. The van der Waals surface area contributed by atoms with Gasteiger partial charge < -0.3 is 14.6 Å². The Kier molecular flexibility index (Phi) is 9.25. The molecular formula is C29H35NO4. The highest BCUT2D eigenvalue weighted by Gasteiger charge is 2.22. The van der Waals surface area contributed by atoms with E-state index in [1.54, 1.807) is 18.2 Å². The van der Waals surface area contributed by atoms with E-state index < -0.39 is 12.1 Å². The van der Waals surface area contributed by atoms with Gasteiger partial charge in [0.15, 0.2) is 0 Å². The molecule has 0 aliphatic carbocycles. The molecule has 0 aromatic heterocycles. The smallest absolute Gasteiger partial charge is 0.335 e. The molecule has 0 amide bonds. The standard InChI is InChI=1S/C29H35NO4/c1-21(2)30(22(3)4)17-18-33-28(24-13-9-6-10-14-24)26-19-25(29(31)32)15-16-27(26)34-20-23-11-7-5-8-12-23/h5-16,19,21-22,28H,17-18,20H2,1-4H3,(H,31,32). The monoisotopic (exact) mass is 461 g/mol. The Labute approximate surface area is 203 Å². The summed E-state index contributed by atoms with van der Waals surface area (Å²) in [6.07, 6.45) is -0.451. The first kappa shape index (κ1) is 25.5. The van der Waals surface area contributed by atoms with Crippen LogP contribution >= 0.6 is 0 Å². The van der Waals surface area contributed by atoms with Gasteiger partial charge in [0.25, 0.3) is 0 Å². The molecule has 1 unspecified atom stereocenters. The van der Waals surface area contributed by atoms with Crippen molar-refractivity contribution in [2.45, 2.75) is 52.5 Å². The first-order chi connectivity index (χ1) is 16.4. The van der Waals surface area contributed by atoms with E-state index in [0.717, 1.165) is 17.7 Å². The molecule has 0 fully saturated rings. The molecule has 3 rings (SSSR count). The predicted molar refractivity (Wildman–Crippen MR) is 135 cm³/mol. The third-order valence-electron chi connectivity index (χ3n) is 5.84. The minimum absolute atomic E-state index is 0.206. The van der Waals surface area contributed by atoms with Gasteiger partial charge in [-0.3, -0.25) is 4.90 Å². The number of carboxylic acid groups (broad SMARTS) is 1. The van der Waals surface area contributed by atoms with Gasteiger partial charge in [-0.1, -0.05) is 60.7 Å². The van der Waals surface area contributed by atoms with Crippen molar-refractivity contribution in [3.8, 4) is 5.75 Å². The van der Waals surface area contributed by atoms with Crippen molar-refractivity contribution < 1.29 is 19.4 Å². The average molecular weight is 462 g/mol. The Hall–Kier alpha value is -3.15. The van der Waals surface area contributed by atoms with Crippen LogP contribution in [-0.4, -0.2) is 41.2 Å². The molecule has 0 radical (unpaired) electrons. The van der Waals surface area contributed by atoms with Crippen LogP contribution in [0.25, 0.3) is 0 Å². The minimum Gasteiger partial charge on any atom is -0.489 e. The van der Waals surface area contributed by atoms with Crippen LogP contribution in [-0.2, 0) is 11.3 Å². The van der Waals surface area contributed by atoms with E-state index in [9.17, 15) is 9.90 Å². The lowest BCUT2D eigenvalue weighted by molar-refractivity contribution is 0.0425. The van der Waals surface area contributed by atoms with Crippen LogP contribution in [0.4, 0.5) is 0 Å². The maximum absolute atomic E-state index is 11.8. The zero-order chi connectivity index (χ0) is 24.5. The molecule has 0 spiro atoms. The summed E-state index contributed by atoms with van der Waals surface area (Å²) in [4.78, 5) is 14.1. The minimum atomic E-state index is -0.978. The molecule has 34 heavy (non-hydrogen) atoms. The lowest BCUT2D eigenvalue weighted by atomic mass is 9.98. The molecule has 1 atom stereocenters. The molecule has 3 aromatic carbocycles. The summed E-state index contributed by atoms with van der Waals surface area (Å²) >= 11 is 0. The number of ether oxygens (including phenoxy) is 2. The van der Waals surface area contributed by atoms with Gasteiger partial charge in [0, 0.05) is 24.2 Å². The van der Waals surface area contributed by atoms with E-state index in [4.69, 9.17) is 9.47 Å². The second-order valence-corrected chi connectivity index (χ2v) is 8.92. The van der Waals surface area contributed by atoms with Crippen LogP contribution in [0.2, 0.25) is 0 Å². The second kappa shape index (κ2) is 12.4. The van der Waals surface area contributed by atoms with E-state index in [1.165, 1.54) is 0 Å². The summed E-state index contributed by atoms with van der Waals surface area (Å²) < 4.78 is 12.6. The van der Waals surface area contributed by atoms with E-state index in [1.807, 2.05) is 60.7 Å². The Morgan fingerprint density at radius 1 is 0.882 bits per heavy atom. The fourth-order valence-electron chi connectivity index (χ4n) is 4.14. The molecule has 3 aromatic rings. The molecule has 5 nitrogen and oxygen atoms in total. The molecule has 0 saturated carbocycles. The van der Waals surface area contributed by atoms with Crippen molar-refractivity contribution in [1.29, 1.82) is 0 Å². The SMILES string of the molecule is CC(C)N(CCOC(c1ccccc1)c1cc(C(=O)O)ccc1OCc1ccccc1)C(C)C. The number of carboxylic acids is 1. The summed E-state index contributed by atoms with van der Waals surface area (Å²) in [5.74, 6) is -0.360. The fourth-order valence-corrected chi connectivity index (χ4v) is 4.14. The maximum atomic E-state index is 11.8. The van der Waals surface area contributed by atoms with Gasteiger partial charge in [-0.15, -0.1) is 0 Å². The number of carbonyl (C=O) groups is 1. The summed E-state index contributed by atoms with van der Waals surface area (Å²) in [6, 6.07) is 25.6. The highest BCUT2D eigenvalue weighted by molar-refractivity contribution is 5.88. The molecule has 0 aliphatic rings. The van der Waals surface area contributed by atoms with Crippen molar-refractivity contribution in [3.63, 3.8) is 0 Å². The summed E-state index contributed by atoms with van der Waals surface area (Å²) in [7, 11) is 0. The summed E-state index contributed by atoms with van der Waals surface area (Å²) in [5, 5.41) is 9.64. The zero-order valence-electron chi connectivity index (χ0n) is 20.5. The number of benzene rings is 3. The molecular weight excluding hydrogens is 426 g/mol. The molecule has 0 saturated heterocycles. The van der Waals surface area contributed by atoms with Crippen molar-refractivity contribution in [2.24, 2.45) is 0 Å². The molecule has 5 heteroatoms. The normalized spacial score (nSPS) is 12.3. The first-order valence-corrected chi connectivity index (χ1v) is 11.8. The first-order valence-electron chi connectivity index (χ1n) is 11.8. The predicted octanol–water partition coefficient (Wildman–Crippen LogP) is 6.19. The van der Waals surface area contributed by atoms with Crippen molar-refractivity contribution >= 4 is 5.97 Å². The second-order valence-electron chi connectivity index (χ2n) is 8.92. The third kappa shape index (κ3) is 6.92. The number of hydrogen-bond donors (Lipinski definition) is 1. The summed E-state index contributed by atoms with van der Waals surface area (Å²) in [5.41, 5.74) is 2.91. The summed E-state index contributed by atoms with van der Waals surface area (Å²) in [6.45, 7) is 10.4. The van der Waals surface area contributed by atoms with Gasteiger partial charge in [-0.05, 0) is 57.0 Å². The van der Waals surface area contributed by atoms with Gasteiger partial charge in [-0.25, -0.2) is 4.79 Å². The Morgan fingerprint density at radius 2 is 1.50 bits per heavy atom. The quantitative estimate of drug-likeness (QED) is 0.349. The fraction of sp³-hybridized carbons (Fsp3) is 0.345. The van der Waals surface area contributed by atoms with Gasteiger partial charge in [0.05, 0.1) is 12.2 Å². The van der Waals surface area contributed by atoms with E-state index in [2.05, 4.69) is 32.6 Å². The topological polar surface area (TPSA) is 59.0 Å². The van der Waals surface area contributed by atoms with Crippen LogP contribution in [0.15, 0.2) is 78.9 Å². The number of nitrogens with zero attached hydrogens (tertiary/aromatic N) is 1. The highest BCUT2D eigenvalue weighted by atomic mass is 16.5. The molecule has 0 bridgehead atoms. The lowest BCUT2D eigenvalue weighted by Gasteiger charge is -2.31. The number of hydrogen-bond acceptors (Lipinski definition) is 4. The molecule has 1 N–H and O–H groups in total. The molecule has 0 heterocycles.